The Hall–Kier alpha value is -1.78. The van der Waals surface area contributed by atoms with E-state index in [2.05, 4.69) is 0 Å². The molecule has 0 radical (unpaired) electrons. The quantitative estimate of drug-likeness (QED) is 0.851. The Morgan fingerprint density at radius 1 is 1.59 bits per heavy atom. The molecule has 1 aliphatic heterocycles. The summed E-state index contributed by atoms with van der Waals surface area (Å²) in [6.45, 7) is 0.314. The first-order chi connectivity index (χ1) is 8.15. The average molecular weight is 238 g/mol. The molecular weight excluding hydrogens is 227 g/mol. The number of rotatable bonds is 2. The lowest BCUT2D eigenvalue weighted by Crippen LogP contribution is -2.11. The van der Waals surface area contributed by atoms with Crippen molar-refractivity contribution in [2.45, 2.75) is 5.92 Å². The first-order valence-corrected chi connectivity index (χ1v) is 5.37. The third-order valence-electron chi connectivity index (χ3n) is 3.53. The first kappa shape index (κ1) is 10.4. The van der Waals surface area contributed by atoms with Crippen LogP contribution in [0.3, 0.4) is 0 Å². The van der Waals surface area contributed by atoms with Crippen LogP contribution in [0.15, 0.2) is 12.1 Å². The molecule has 0 saturated heterocycles. The highest BCUT2D eigenvalue weighted by Gasteiger charge is 2.60. The van der Waals surface area contributed by atoms with Gasteiger partial charge in [0, 0.05) is 17.4 Å². The molecular formula is C12H11FO4. The number of halogens is 1. The third-order valence-corrected chi connectivity index (χ3v) is 3.53. The molecule has 3 atom stereocenters. The molecule has 1 N–H and O–H groups in total. The number of benzene rings is 1. The molecule has 90 valence electrons. The van der Waals surface area contributed by atoms with E-state index in [1.807, 2.05) is 0 Å². The van der Waals surface area contributed by atoms with Crippen molar-refractivity contribution in [2.75, 3.05) is 13.7 Å². The fraction of sp³-hybridized carbons (Fsp3) is 0.417. The van der Waals surface area contributed by atoms with Crippen molar-refractivity contribution >= 4 is 5.97 Å². The van der Waals surface area contributed by atoms with E-state index in [-0.39, 0.29) is 11.8 Å². The van der Waals surface area contributed by atoms with Gasteiger partial charge in [-0.15, -0.1) is 0 Å². The van der Waals surface area contributed by atoms with Crippen molar-refractivity contribution in [2.24, 2.45) is 11.8 Å². The van der Waals surface area contributed by atoms with Crippen LogP contribution in [0.25, 0.3) is 0 Å². The Morgan fingerprint density at radius 2 is 2.35 bits per heavy atom. The van der Waals surface area contributed by atoms with Crippen LogP contribution in [-0.4, -0.2) is 24.8 Å². The van der Waals surface area contributed by atoms with Gasteiger partial charge in [0.15, 0.2) is 11.5 Å². The summed E-state index contributed by atoms with van der Waals surface area (Å²) in [7, 11) is 1.48. The SMILES string of the molecule is COc1ccc(F)c2c1OC[C@H]1C(C(=O)O)[C@@H]21. The lowest BCUT2D eigenvalue weighted by molar-refractivity contribution is -0.139. The maximum absolute atomic E-state index is 13.8. The molecule has 0 spiro atoms. The Bertz CT molecular complexity index is 500. The van der Waals surface area contributed by atoms with Gasteiger partial charge in [-0.3, -0.25) is 4.79 Å². The summed E-state index contributed by atoms with van der Waals surface area (Å²) in [6, 6.07) is 2.79. The minimum atomic E-state index is -0.890. The van der Waals surface area contributed by atoms with Gasteiger partial charge in [-0.1, -0.05) is 0 Å². The highest BCUT2D eigenvalue weighted by atomic mass is 19.1. The smallest absolute Gasteiger partial charge is 0.307 e. The largest absolute Gasteiger partial charge is 0.493 e. The fourth-order valence-electron chi connectivity index (χ4n) is 2.67. The molecule has 0 aromatic heterocycles. The van der Waals surface area contributed by atoms with Crippen LogP contribution in [0, 0.1) is 17.7 Å². The van der Waals surface area contributed by atoms with Crippen LogP contribution in [0.5, 0.6) is 11.5 Å². The Morgan fingerprint density at radius 3 is 3.00 bits per heavy atom. The number of hydrogen-bond acceptors (Lipinski definition) is 3. The van der Waals surface area contributed by atoms with Crippen LogP contribution in [0.2, 0.25) is 0 Å². The number of carboxylic acids is 1. The Labute approximate surface area is 97.0 Å². The topological polar surface area (TPSA) is 55.8 Å². The first-order valence-electron chi connectivity index (χ1n) is 5.37. The van der Waals surface area contributed by atoms with E-state index in [4.69, 9.17) is 14.6 Å². The number of fused-ring (bicyclic) bond motifs is 3. The number of carbonyl (C=O) groups is 1. The number of hydrogen-bond donors (Lipinski definition) is 1. The standard InChI is InChI=1S/C12H11FO4/c1-16-7-3-2-6(13)10-8-5(4-17-11(7)10)9(8)12(14)15/h2-3,5,8-9H,4H2,1H3,(H,14,15)/t5-,8+,9?/m1/s1. The summed E-state index contributed by atoms with van der Waals surface area (Å²) in [4.78, 5) is 11.0. The highest BCUT2D eigenvalue weighted by molar-refractivity contribution is 5.77. The molecule has 0 amide bonds. The lowest BCUT2D eigenvalue weighted by atomic mass is 10.0. The van der Waals surface area contributed by atoms with Gasteiger partial charge in [-0.2, -0.15) is 0 Å². The van der Waals surface area contributed by atoms with Crippen LogP contribution in [-0.2, 0) is 4.79 Å². The van der Waals surface area contributed by atoms with Crippen LogP contribution >= 0.6 is 0 Å². The van der Waals surface area contributed by atoms with Gasteiger partial charge in [0.05, 0.1) is 19.6 Å². The summed E-state index contributed by atoms with van der Waals surface area (Å²) < 4.78 is 24.3. The molecule has 1 aromatic carbocycles. The molecule has 5 heteroatoms. The third kappa shape index (κ3) is 1.31. The summed E-state index contributed by atoms with van der Waals surface area (Å²) in [5.74, 6) is -1.41. The lowest BCUT2D eigenvalue weighted by Gasteiger charge is -2.19. The van der Waals surface area contributed by atoms with E-state index in [9.17, 15) is 9.18 Å². The Balaban J connectivity index is 2.09. The minimum Gasteiger partial charge on any atom is -0.493 e. The van der Waals surface area contributed by atoms with Gasteiger partial charge in [0.2, 0.25) is 0 Å². The second kappa shape index (κ2) is 3.35. The zero-order chi connectivity index (χ0) is 12.2. The fourth-order valence-corrected chi connectivity index (χ4v) is 2.67. The summed E-state index contributed by atoms with van der Waals surface area (Å²) >= 11 is 0. The van der Waals surface area contributed by atoms with Crippen molar-refractivity contribution in [1.29, 1.82) is 0 Å². The molecule has 1 aromatic rings. The van der Waals surface area contributed by atoms with Crippen LogP contribution < -0.4 is 9.47 Å². The van der Waals surface area contributed by atoms with E-state index in [0.717, 1.165) is 0 Å². The zero-order valence-electron chi connectivity index (χ0n) is 9.14. The van der Waals surface area contributed by atoms with Crippen LogP contribution in [0.4, 0.5) is 4.39 Å². The maximum Gasteiger partial charge on any atom is 0.307 e. The van der Waals surface area contributed by atoms with E-state index in [0.29, 0.717) is 23.7 Å². The van der Waals surface area contributed by atoms with Gasteiger partial charge in [-0.05, 0) is 12.1 Å². The minimum absolute atomic E-state index is 0.110. The summed E-state index contributed by atoms with van der Waals surface area (Å²) in [5.41, 5.74) is 0.355. The molecule has 17 heavy (non-hydrogen) atoms. The van der Waals surface area contributed by atoms with E-state index in [1.165, 1.54) is 19.2 Å². The van der Waals surface area contributed by atoms with Crippen LogP contribution in [0.1, 0.15) is 11.5 Å². The van der Waals surface area contributed by atoms with Gasteiger partial charge >= 0.3 is 5.97 Å². The highest BCUT2D eigenvalue weighted by Crippen LogP contribution is 2.61. The van der Waals surface area contributed by atoms with E-state index < -0.39 is 17.7 Å². The second-order valence-corrected chi connectivity index (χ2v) is 4.36. The number of carboxylic acid groups (broad SMARTS) is 1. The predicted molar refractivity (Wildman–Crippen MR) is 55.8 cm³/mol. The van der Waals surface area contributed by atoms with Crippen molar-refractivity contribution in [3.63, 3.8) is 0 Å². The molecule has 4 nitrogen and oxygen atoms in total. The molecule has 1 aliphatic carbocycles. The second-order valence-electron chi connectivity index (χ2n) is 4.36. The van der Waals surface area contributed by atoms with Gasteiger partial charge < -0.3 is 14.6 Å². The molecule has 0 bridgehead atoms. The van der Waals surface area contributed by atoms with Crippen molar-refractivity contribution in [3.8, 4) is 11.5 Å². The molecule has 1 unspecified atom stereocenters. The maximum atomic E-state index is 13.8. The summed E-state index contributed by atoms with van der Waals surface area (Å²) in [5, 5.41) is 9.02. The van der Waals surface area contributed by atoms with Crippen molar-refractivity contribution < 1.29 is 23.8 Å². The molecule has 1 heterocycles. The van der Waals surface area contributed by atoms with Gasteiger partial charge in [-0.25, -0.2) is 4.39 Å². The summed E-state index contributed by atoms with van der Waals surface area (Å²) in [6.07, 6.45) is 0. The predicted octanol–water partition coefficient (Wildman–Crippen LogP) is 1.64. The van der Waals surface area contributed by atoms with Crippen molar-refractivity contribution in [3.05, 3.63) is 23.5 Å². The average Bonchev–Trinajstić information content (AvgIpc) is 3.03. The van der Waals surface area contributed by atoms with E-state index >= 15 is 0 Å². The molecule has 3 rings (SSSR count). The van der Waals surface area contributed by atoms with Gasteiger partial charge in [0.25, 0.3) is 0 Å². The van der Waals surface area contributed by atoms with Crippen molar-refractivity contribution in [1.82, 2.24) is 0 Å². The van der Waals surface area contributed by atoms with Gasteiger partial charge in [0.1, 0.15) is 5.82 Å². The Kier molecular flexibility index (Phi) is 2.05. The molecule has 2 aliphatic rings. The molecule has 1 fully saturated rings. The number of ether oxygens (including phenoxy) is 2. The number of methoxy groups -OCH3 is 1. The molecule has 1 saturated carbocycles. The monoisotopic (exact) mass is 238 g/mol. The zero-order valence-corrected chi connectivity index (χ0v) is 9.14. The normalized spacial score (nSPS) is 28.7. The number of aliphatic carboxylic acids is 1. The van der Waals surface area contributed by atoms with E-state index in [1.54, 1.807) is 0 Å².